The lowest BCUT2D eigenvalue weighted by atomic mass is 10.1. The van der Waals surface area contributed by atoms with Crippen LogP contribution in [0.15, 0.2) is 0 Å². The molecule has 0 aromatic rings. The van der Waals surface area contributed by atoms with E-state index in [1.54, 1.807) is 21.0 Å². The van der Waals surface area contributed by atoms with E-state index in [0.717, 1.165) is 17.7 Å². The number of carbonyl (C=O) groups excluding carboxylic acids is 1. The minimum atomic E-state index is -4.35. The second-order valence-electron chi connectivity index (χ2n) is 5.99. The number of carbonyl (C=O) groups is 1. The van der Waals surface area contributed by atoms with E-state index in [0.29, 0.717) is 13.1 Å². The Hall–Kier alpha value is -0.820. The highest BCUT2D eigenvalue weighted by Gasteiger charge is 2.34. The number of hydrogen-bond donors (Lipinski definition) is 0. The molecule has 0 bridgehead atoms. The Morgan fingerprint density at radius 2 is 1.90 bits per heavy atom. The predicted octanol–water partition coefficient (Wildman–Crippen LogP) is 2.14. The minimum absolute atomic E-state index is 0.00975. The van der Waals surface area contributed by atoms with E-state index < -0.39 is 18.6 Å². The van der Waals surface area contributed by atoms with Crippen LogP contribution in [0.5, 0.6) is 0 Å². The fraction of sp³-hybridized carbons (Fsp3) is 0.929. The van der Waals surface area contributed by atoms with E-state index in [9.17, 15) is 18.0 Å². The molecule has 0 atom stereocenters. The summed E-state index contributed by atoms with van der Waals surface area (Å²) in [5.74, 6) is -0.438. The van der Waals surface area contributed by atoms with Gasteiger partial charge in [0.05, 0.1) is 12.6 Å². The maximum Gasteiger partial charge on any atom is 0.406 e. The number of amides is 1. The summed E-state index contributed by atoms with van der Waals surface area (Å²) < 4.78 is 42.9. The third kappa shape index (κ3) is 7.13. The van der Waals surface area contributed by atoms with Crippen molar-refractivity contribution < 1.29 is 22.7 Å². The first-order valence-corrected chi connectivity index (χ1v) is 7.31. The maximum atomic E-state index is 12.6. The van der Waals surface area contributed by atoms with Gasteiger partial charge in [0, 0.05) is 26.7 Å². The highest BCUT2D eigenvalue weighted by atomic mass is 19.4. The first-order valence-electron chi connectivity index (χ1n) is 7.31. The molecule has 1 heterocycles. The molecule has 124 valence electrons. The van der Waals surface area contributed by atoms with Gasteiger partial charge in [0.25, 0.3) is 0 Å². The van der Waals surface area contributed by atoms with Crippen molar-refractivity contribution in [1.82, 2.24) is 9.80 Å². The first-order chi connectivity index (χ1) is 9.71. The van der Waals surface area contributed by atoms with E-state index in [1.165, 1.54) is 0 Å². The Bertz CT molecular complexity index is 327. The molecule has 1 rings (SSSR count). The third-order valence-corrected chi connectivity index (χ3v) is 3.54. The van der Waals surface area contributed by atoms with Crippen molar-refractivity contribution in [1.29, 1.82) is 0 Å². The number of methoxy groups -OCH3 is 1. The van der Waals surface area contributed by atoms with E-state index in [1.807, 2.05) is 4.90 Å². The lowest BCUT2D eigenvalue weighted by Crippen LogP contribution is -2.48. The highest BCUT2D eigenvalue weighted by molar-refractivity contribution is 5.78. The summed E-state index contributed by atoms with van der Waals surface area (Å²) in [6, 6.07) is 0. The normalized spacial score (nSPS) is 18.2. The number of hydrogen-bond acceptors (Lipinski definition) is 3. The Morgan fingerprint density at radius 1 is 1.33 bits per heavy atom. The highest BCUT2D eigenvalue weighted by Crippen LogP contribution is 2.18. The molecular formula is C14H25F3N2O2. The maximum absolute atomic E-state index is 12.6. The molecule has 1 aliphatic heterocycles. The fourth-order valence-electron chi connectivity index (χ4n) is 2.51. The SMILES string of the molecule is COC1CCN(CC(=O)N(CC(C)C)CC(F)(F)F)CC1. The zero-order chi connectivity index (χ0) is 16.0. The molecule has 1 fully saturated rings. The van der Waals surface area contributed by atoms with Crippen LogP contribution in [0.1, 0.15) is 26.7 Å². The predicted molar refractivity (Wildman–Crippen MR) is 73.9 cm³/mol. The van der Waals surface area contributed by atoms with Crippen molar-refractivity contribution in [3.8, 4) is 0 Å². The Labute approximate surface area is 124 Å². The topological polar surface area (TPSA) is 32.8 Å². The lowest BCUT2D eigenvalue weighted by Gasteiger charge is -2.33. The molecule has 1 saturated heterocycles. The number of rotatable bonds is 6. The van der Waals surface area contributed by atoms with Crippen molar-refractivity contribution in [3.05, 3.63) is 0 Å². The van der Waals surface area contributed by atoms with Crippen LogP contribution in [0.3, 0.4) is 0 Å². The number of likely N-dealkylation sites (tertiary alicyclic amines) is 1. The van der Waals surface area contributed by atoms with E-state index in [-0.39, 0.29) is 25.1 Å². The van der Waals surface area contributed by atoms with E-state index in [4.69, 9.17) is 4.74 Å². The van der Waals surface area contributed by atoms with Crippen LogP contribution in [-0.2, 0) is 9.53 Å². The molecule has 7 heteroatoms. The fourth-order valence-corrected chi connectivity index (χ4v) is 2.51. The van der Waals surface area contributed by atoms with Gasteiger partial charge in [-0.1, -0.05) is 13.8 Å². The molecule has 0 aliphatic carbocycles. The molecule has 1 aliphatic rings. The quantitative estimate of drug-likeness (QED) is 0.753. The number of piperidine rings is 1. The molecule has 1 amide bonds. The lowest BCUT2D eigenvalue weighted by molar-refractivity contribution is -0.163. The Kier molecular flexibility index (Phi) is 6.93. The van der Waals surface area contributed by atoms with Gasteiger partial charge in [-0.15, -0.1) is 0 Å². The summed E-state index contributed by atoms with van der Waals surface area (Å²) in [6.07, 6.45) is -2.54. The summed E-state index contributed by atoms with van der Waals surface area (Å²) in [6.45, 7) is 4.00. The van der Waals surface area contributed by atoms with Gasteiger partial charge in [-0.25, -0.2) is 0 Å². The number of ether oxygens (including phenoxy) is 1. The summed E-state index contributed by atoms with van der Waals surface area (Å²) >= 11 is 0. The summed E-state index contributed by atoms with van der Waals surface area (Å²) in [5.41, 5.74) is 0. The largest absolute Gasteiger partial charge is 0.406 e. The molecule has 0 saturated carbocycles. The average Bonchev–Trinajstić information content (AvgIpc) is 2.36. The van der Waals surface area contributed by atoms with Gasteiger partial charge >= 0.3 is 6.18 Å². The van der Waals surface area contributed by atoms with Gasteiger partial charge in [-0.05, 0) is 18.8 Å². The second kappa shape index (κ2) is 7.98. The van der Waals surface area contributed by atoms with Gasteiger partial charge < -0.3 is 9.64 Å². The number of halogens is 3. The van der Waals surface area contributed by atoms with E-state index in [2.05, 4.69) is 0 Å². The molecule has 21 heavy (non-hydrogen) atoms. The van der Waals surface area contributed by atoms with Crippen molar-refractivity contribution in [2.24, 2.45) is 5.92 Å². The minimum Gasteiger partial charge on any atom is -0.381 e. The summed E-state index contributed by atoms with van der Waals surface area (Å²) in [7, 11) is 1.65. The molecule has 0 unspecified atom stereocenters. The van der Waals surface area contributed by atoms with E-state index >= 15 is 0 Å². The summed E-state index contributed by atoms with van der Waals surface area (Å²) in [5, 5.41) is 0. The standard InChI is InChI=1S/C14H25F3N2O2/c1-11(2)8-19(10-14(15,16)17)13(20)9-18-6-4-12(21-3)5-7-18/h11-12H,4-10H2,1-3H3. The van der Waals surface area contributed by atoms with Crippen molar-refractivity contribution in [3.63, 3.8) is 0 Å². The van der Waals surface area contributed by atoms with Crippen LogP contribution in [0.4, 0.5) is 13.2 Å². The van der Waals surface area contributed by atoms with Crippen LogP contribution in [0.25, 0.3) is 0 Å². The van der Waals surface area contributed by atoms with Crippen molar-refractivity contribution in [2.75, 3.05) is 39.8 Å². The number of nitrogens with zero attached hydrogens (tertiary/aromatic N) is 2. The molecule has 4 nitrogen and oxygen atoms in total. The molecular weight excluding hydrogens is 285 g/mol. The monoisotopic (exact) mass is 310 g/mol. The zero-order valence-electron chi connectivity index (χ0n) is 12.9. The van der Waals surface area contributed by atoms with Crippen LogP contribution >= 0.6 is 0 Å². The Balaban J connectivity index is 2.52. The van der Waals surface area contributed by atoms with Gasteiger partial charge in [0.2, 0.25) is 5.91 Å². The smallest absolute Gasteiger partial charge is 0.381 e. The van der Waals surface area contributed by atoms with Gasteiger partial charge in [-0.2, -0.15) is 13.2 Å². The van der Waals surface area contributed by atoms with Crippen LogP contribution in [-0.4, -0.2) is 67.8 Å². The Morgan fingerprint density at radius 3 is 2.33 bits per heavy atom. The molecule has 0 aromatic heterocycles. The van der Waals surface area contributed by atoms with Crippen molar-refractivity contribution in [2.45, 2.75) is 39.0 Å². The molecule has 0 spiro atoms. The summed E-state index contributed by atoms with van der Waals surface area (Å²) in [4.78, 5) is 15.0. The third-order valence-electron chi connectivity index (χ3n) is 3.54. The van der Waals surface area contributed by atoms with Gasteiger partial charge in [-0.3, -0.25) is 9.69 Å². The van der Waals surface area contributed by atoms with Crippen molar-refractivity contribution >= 4 is 5.91 Å². The molecule has 0 aromatic carbocycles. The van der Waals surface area contributed by atoms with Crippen LogP contribution < -0.4 is 0 Å². The molecule has 0 radical (unpaired) electrons. The molecule has 0 N–H and O–H groups in total. The average molecular weight is 310 g/mol. The van der Waals surface area contributed by atoms with Gasteiger partial charge in [0.1, 0.15) is 6.54 Å². The second-order valence-corrected chi connectivity index (χ2v) is 5.99. The van der Waals surface area contributed by atoms with Crippen LogP contribution in [0.2, 0.25) is 0 Å². The number of alkyl halides is 3. The van der Waals surface area contributed by atoms with Gasteiger partial charge in [0.15, 0.2) is 0 Å². The van der Waals surface area contributed by atoms with Crippen LogP contribution in [0, 0.1) is 5.92 Å². The first kappa shape index (κ1) is 18.2. The zero-order valence-corrected chi connectivity index (χ0v) is 12.9.